The molecule has 2 unspecified atom stereocenters. The van der Waals surface area contributed by atoms with E-state index in [4.69, 9.17) is 9.47 Å². The number of likely N-dealkylation sites (tertiary alicyclic amines) is 1. The number of nitrogens with zero attached hydrogens (tertiary/aromatic N) is 1. The highest BCUT2D eigenvalue weighted by molar-refractivity contribution is 5.66. The predicted octanol–water partition coefficient (Wildman–Crippen LogP) is 4.52. The van der Waals surface area contributed by atoms with E-state index in [9.17, 15) is 4.79 Å². The van der Waals surface area contributed by atoms with Gasteiger partial charge in [0, 0.05) is 24.9 Å². The van der Waals surface area contributed by atoms with Gasteiger partial charge in [-0.05, 0) is 52.6 Å². The minimum Gasteiger partial charge on any atom is -0.501 e. The van der Waals surface area contributed by atoms with Crippen LogP contribution in [0, 0.1) is 17.8 Å². The third kappa shape index (κ3) is 8.66. The molecule has 30 heavy (non-hydrogen) atoms. The smallest absolute Gasteiger partial charge is 0.406 e. The van der Waals surface area contributed by atoms with Crippen molar-refractivity contribution in [1.82, 2.24) is 10.2 Å². The van der Waals surface area contributed by atoms with Crippen LogP contribution in [0.1, 0.15) is 33.6 Å². The van der Waals surface area contributed by atoms with Crippen molar-refractivity contribution in [2.24, 2.45) is 17.8 Å². The molecule has 0 radical (unpaired) electrons. The van der Waals surface area contributed by atoms with Gasteiger partial charge in [-0.3, -0.25) is 4.90 Å². The molecule has 1 aliphatic rings. The Morgan fingerprint density at radius 2 is 1.83 bits per heavy atom. The second-order valence-corrected chi connectivity index (χ2v) is 7.75. The highest BCUT2D eigenvalue weighted by atomic mass is 16.5. The fraction of sp³-hybridized carbons (Fsp3) is 0.625. The average Bonchev–Trinajstić information content (AvgIpc) is 2.74. The molecule has 6 heteroatoms. The van der Waals surface area contributed by atoms with Crippen molar-refractivity contribution >= 4 is 6.09 Å². The second kappa shape index (κ2) is 13.9. The Bertz CT molecular complexity index is 619. The molecular formula is C24H40N2O4. The molecule has 2 atom stereocenters. The van der Waals surface area contributed by atoms with Crippen molar-refractivity contribution in [2.75, 3.05) is 47.0 Å². The zero-order valence-corrected chi connectivity index (χ0v) is 19.4. The maximum absolute atomic E-state index is 11.2. The molecule has 1 saturated heterocycles. The van der Waals surface area contributed by atoms with Crippen LogP contribution in [0.5, 0.6) is 0 Å². The summed E-state index contributed by atoms with van der Waals surface area (Å²) in [6.45, 7) is 18.5. The molecule has 0 aromatic heterocycles. The van der Waals surface area contributed by atoms with Gasteiger partial charge in [0.2, 0.25) is 0 Å². The Kier molecular flexibility index (Phi) is 12.0. The minimum atomic E-state index is -0.357. The number of rotatable bonds is 12. The van der Waals surface area contributed by atoms with Crippen molar-refractivity contribution in [3.8, 4) is 0 Å². The van der Waals surface area contributed by atoms with Crippen LogP contribution in [0.15, 0.2) is 48.5 Å². The van der Waals surface area contributed by atoms with E-state index in [1.165, 1.54) is 12.7 Å². The topological polar surface area (TPSA) is 60.0 Å². The molecule has 0 saturated carbocycles. The van der Waals surface area contributed by atoms with E-state index in [2.05, 4.69) is 47.2 Å². The molecule has 1 aliphatic heterocycles. The van der Waals surface area contributed by atoms with Crippen LogP contribution < -0.4 is 5.32 Å². The van der Waals surface area contributed by atoms with Crippen molar-refractivity contribution in [3.63, 3.8) is 0 Å². The molecule has 170 valence electrons. The first-order chi connectivity index (χ1) is 14.4. The number of hydrogen-bond acceptors (Lipinski definition) is 5. The first-order valence-corrected chi connectivity index (χ1v) is 10.7. The number of carbonyl (C=O) groups excluding carboxylic acids is 1. The van der Waals surface area contributed by atoms with E-state index in [1.807, 2.05) is 19.9 Å². The standard InChI is InChI=1S/C24H40N2O4/c1-8-10-22(20(5)30-9-2)23(19(4)28-6)15-18(3)17-26-13-11-21(12-14-26)16-25-24(27)29-7/h8,10,15,21-23H,4-5,9,11-14,16-17H2,1-3,6-7H3,(H,25,27)/b10-8+,18-15+. The number of allylic oxidation sites excluding steroid dienone is 3. The average molecular weight is 421 g/mol. The van der Waals surface area contributed by atoms with Crippen molar-refractivity contribution < 1.29 is 19.0 Å². The molecule has 0 spiro atoms. The van der Waals surface area contributed by atoms with E-state index in [0.29, 0.717) is 24.8 Å². The number of carbonyl (C=O) groups is 1. The number of hydrogen-bond donors (Lipinski definition) is 1. The Morgan fingerprint density at radius 1 is 1.17 bits per heavy atom. The van der Waals surface area contributed by atoms with E-state index < -0.39 is 0 Å². The van der Waals surface area contributed by atoms with Crippen LogP contribution >= 0.6 is 0 Å². The van der Waals surface area contributed by atoms with Crippen LogP contribution in [0.2, 0.25) is 0 Å². The van der Waals surface area contributed by atoms with Gasteiger partial charge in [0.25, 0.3) is 0 Å². The molecule has 1 N–H and O–H groups in total. The Morgan fingerprint density at radius 3 is 2.37 bits per heavy atom. The SMILES string of the molecule is C=C(OC)C(/C=C(\C)CN1CCC(CNC(=O)OC)CC1)C(/C=C/C)C(=C)OCC. The first kappa shape index (κ1) is 25.8. The molecule has 0 aromatic carbocycles. The van der Waals surface area contributed by atoms with Gasteiger partial charge in [-0.15, -0.1) is 0 Å². The third-order valence-corrected chi connectivity index (χ3v) is 5.49. The zero-order chi connectivity index (χ0) is 22.5. The minimum absolute atomic E-state index is 0.0208. The van der Waals surface area contributed by atoms with Crippen LogP contribution in [-0.4, -0.2) is 58.0 Å². The largest absolute Gasteiger partial charge is 0.501 e. The second-order valence-electron chi connectivity index (χ2n) is 7.75. The highest BCUT2D eigenvalue weighted by Crippen LogP contribution is 2.31. The van der Waals surface area contributed by atoms with Gasteiger partial charge in [-0.25, -0.2) is 4.79 Å². The monoisotopic (exact) mass is 420 g/mol. The number of nitrogens with one attached hydrogen (secondary N) is 1. The van der Waals surface area contributed by atoms with Gasteiger partial charge in [-0.2, -0.15) is 0 Å². The lowest BCUT2D eigenvalue weighted by Crippen LogP contribution is -2.39. The molecule has 1 heterocycles. The van der Waals surface area contributed by atoms with Gasteiger partial charge >= 0.3 is 6.09 Å². The first-order valence-electron chi connectivity index (χ1n) is 10.7. The lowest BCUT2D eigenvalue weighted by atomic mass is 9.87. The molecular weight excluding hydrogens is 380 g/mol. The van der Waals surface area contributed by atoms with Gasteiger partial charge in [-0.1, -0.05) is 37.0 Å². The molecule has 1 rings (SSSR count). The summed E-state index contributed by atoms with van der Waals surface area (Å²) in [4.78, 5) is 13.7. The number of piperidine rings is 1. The Hall–Kier alpha value is -2.21. The lowest BCUT2D eigenvalue weighted by Gasteiger charge is -2.32. The Labute approximate surface area is 182 Å². The van der Waals surface area contributed by atoms with E-state index >= 15 is 0 Å². The van der Waals surface area contributed by atoms with Crippen LogP contribution in [0.25, 0.3) is 0 Å². The van der Waals surface area contributed by atoms with Gasteiger partial charge in [0.05, 0.1) is 32.3 Å². The maximum Gasteiger partial charge on any atom is 0.406 e. The van der Waals surface area contributed by atoms with Crippen LogP contribution in [0.4, 0.5) is 4.79 Å². The van der Waals surface area contributed by atoms with Gasteiger partial charge in [0.15, 0.2) is 0 Å². The van der Waals surface area contributed by atoms with E-state index in [-0.39, 0.29) is 17.9 Å². The van der Waals surface area contributed by atoms with E-state index in [1.54, 1.807) is 7.11 Å². The van der Waals surface area contributed by atoms with Crippen molar-refractivity contribution in [1.29, 1.82) is 0 Å². The van der Waals surface area contributed by atoms with Crippen molar-refractivity contribution in [3.05, 3.63) is 48.5 Å². The molecule has 0 aromatic rings. The van der Waals surface area contributed by atoms with Crippen LogP contribution in [-0.2, 0) is 14.2 Å². The summed E-state index contributed by atoms with van der Waals surface area (Å²) in [7, 11) is 3.05. The van der Waals surface area contributed by atoms with Crippen molar-refractivity contribution in [2.45, 2.75) is 33.6 Å². The number of amides is 1. The molecule has 6 nitrogen and oxygen atoms in total. The fourth-order valence-electron chi connectivity index (χ4n) is 3.81. The summed E-state index contributed by atoms with van der Waals surface area (Å²) in [6.07, 6.45) is 8.11. The van der Waals surface area contributed by atoms with Gasteiger partial charge < -0.3 is 19.5 Å². The quantitative estimate of drug-likeness (QED) is 0.372. The van der Waals surface area contributed by atoms with Crippen LogP contribution in [0.3, 0.4) is 0 Å². The number of alkyl carbamates (subject to hydrolysis) is 1. The molecule has 0 aliphatic carbocycles. The number of ether oxygens (including phenoxy) is 3. The summed E-state index contributed by atoms with van der Waals surface area (Å²) in [5, 5.41) is 2.81. The summed E-state index contributed by atoms with van der Waals surface area (Å²) >= 11 is 0. The summed E-state index contributed by atoms with van der Waals surface area (Å²) in [5.41, 5.74) is 1.27. The molecule has 0 bridgehead atoms. The molecule has 1 amide bonds. The third-order valence-electron chi connectivity index (χ3n) is 5.49. The lowest BCUT2D eigenvalue weighted by molar-refractivity contribution is 0.160. The predicted molar refractivity (Wildman–Crippen MR) is 122 cm³/mol. The highest BCUT2D eigenvalue weighted by Gasteiger charge is 2.26. The Balaban J connectivity index is 2.74. The zero-order valence-electron chi connectivity index (χ0n) is 19.4. The van der Waals surface area contributed by atoms with Gasteiger partial charge in [0.1, 0.15) is 0 Å². The van der Waals surface area contributed by atoms with E-state index in [0.717, 1.165) is 38.2 Å². The summed E-state index contributed by atoms with van der Waals surface area (Å²) in [6, 6.07) is 0. The number of methoxy groups -OCH3 is 2. The summed E-state index contributed by atoms with van der Waals surface area (Å²) in [5.74, 6) is 1.87. The fourth-order valence-corrected chi connectivity index (χ4v) is 3.81. The summed E-state index contributed by atoms with van der Waals surface area (Å²) < 4.78 is 15.8. The maximum atomic E-state index is 11.2. The molecule has 1 fully saturated rings. The normalized spacial score (nSPS) is 18.0.